The number of sulfonamides is 1. The molecule has 2 N–H and O–H groups in total. The minimum atomic E-state index is -3.29. The first-order valence-corrected chi connectivity index (χ1v) is 9.66. The summed E-state index contributed by atoms with van der Waals surface area (Å²) in [6.07, 6.45) is 0.265. The summed E-state index contributed by atoms with van der Waals surface area (Å²) in [7, 11) is -3.29. The summed E-state index contributed by atoms with van der Waals surface area (Å²) >= 11 is 0. The molecular formula is C17H33NO3S. The molecule has 1 aromatic rings. The molecule has 0 amide bonds. The quantitative estimate of drug-likeness (QED) is 0.805. The van der Waals surface area contributed by atoms with Crippen LogP contribution >= 0.6 is 0 Å². The van der Waals surface area contributed by atoms with E-state index < -0.39 is 10.0 Å². The normalized spacial score (nSPS) is 10.9. The Hall–Kier alpha value is -0.910. The Morgan fingerprint density at radius 2 is 1.55 bits per heavy atom. The zero-order chi connectivity index (χ0) is 17.6. The molecule has 0 saturated carbocycles. The molecule has 0 fully saturated rings. The van der Waals surface area contributed by atoms with Crippen molar-refractivity contribution in [3.05, 3.63) is 35.9 Å². The van der Waals surface area contributed by atoms with Crippen molar-refractivity contribution in [2.45, 2.75) is 53.4 Å². The van der Waals surface area contributed by atoms with Crippen LogP contribution in [-0.4, -0.2) is 32.4 Å². The molecule has 0 spiro atoms. The summed E-state index contributed by atoms with van der Waals surface area (Å²) in [5.41, 5.74) is 0.836. The van der Waals surface area contributed by atoms with E-state index in [0.717, 1.165) is 5.56 Å². The maximum atomic E-state index is 11.6. The second kappa shape index (κ2) is 12.6. The van der Waals surface area contributed by atoms with Gasteiger partial charge in [-0.1, -0.05) is 71.9 Å². The van der Waals surface area contributed by atoms with E-state index in [9.17, 15) is 8.42 Å². The first-order valence-electron chi connectivity index (χ1n) is 8.01. The van der Waals surface area contributed by atoms with Crippen molar-refractivity contribution in [1.82, 2.24) is 4.72 Å². The van der Waals surface area contributed by atoms with Crippen molar-refractivity contribution < 1.29 is 13.5 Å². The van der Waals surface area contributed by atoms with Gasteiger partial charge in [-0.25, -0.2) is 13.1 Å². The Labute approximate surface area is 137 Å². The average Bonchev–Trinajstić information content (AvgIpc) is 2.56. The molecule has 0 aromatic heterocycles. The average molecular weight is 332 g/mol. The second-order valence-electron chi connectivity index (χ2n) is 4.97. The molecular weight excluding hydrogens is 298 g/mol. The Morgan fingerprint density at radius 1 is 1.05 bits per heavy atom. The molecule has 0 atom stereocenters. The van der Waals surface area contributed by atoms with Crippen molar-refractivity contribution in [3.8, 4) is 0 Å². The maximum absolute atomic E-state index is 11.6. The number of nitrogens with one attached hydrogen (secondary N) is 1. The molecule has 0 aliphatic rings. The summed E-state index contributed by atoms with van der Waals surface area (Å²) in [4.78, 5) is 0. The fourth-order valence-corrected chi connectivity index (χ4v) is 2.84. The van der Waals surface area contributed by atoms with Gasteiger partial charge in [-0.3, -0.25) is 0 Å². The van der Waals surface area contributed by atoms with E-state index in [1.807, 2.05) is 71.9 Å². The Morgan fingerprint density at radius 3 is 2.00 bits per heavy atom. The topological polar surface area (TPSA) is 66.4 Å². The van der Waals surface area contributed by atoms with Crippen LogP contribution in [0.25, 0.3) is 0 Å². The van der Waals surface area contributed by atoms with Gasteiger partial charge in [-0.2, -0.15) is 0 Å². The number of aliphatic hydroxyl groups is 1. The minimum Gasteiger partial charge on any atom is -0.396 e. The molecule has 5 heteroatoms. The summed E-state index contributed by atoms with van der Waals surface area (Å²) < 4.78 is 25.9. The van der Waals surface area contributed by atoms with E-state index in [1.54, 1.807) is 0 Å². The summed E-state index contributed by atoms with van der Waals surface area (Å²) in [5, 5.41) is 8.64. The van der Waals surface area contributed by atoms with Gasteiger partial charge in [0, 0.05) is 18.6 Å². The SMILES string of the molecule is CC.CC.CC(C)(CNS(=O)(=O)CCCO)c1ccccc1. The summed E-state index contributed by atoms with van der Waals surface area (Å²) in [6.45, 7) is 12.2. The number of benzene rings is 1. The number of rotatable bonds is 7. The molecule has 22 heavy (non-hydrogen) atoms. The van der Waals surface area contributed by atoms with Gasteiger partial charge >= 0.3 is 0 Å². The van der Waals surface area contributed by atoms with Gasteiger partial charge in [0.25, 0.3) is 0 Å². The van der Waals surface area contributed by atoms with Crippen LogP contribution in [0.1, 0.15) is 53.5 Å². The molecule has 1 rings (SSSR count). The van der Waals surface area contributed by atoms with E-state index >= 15 is 0 Å². The van der Waals surface area contributed by atoms with Crippen LogP contribution in [0, 0.1) is 0 Å². The Bertz CT molecular complexity index is 456. The first kappa shape index (κ1) is 23.4. The largest absolute Gasteiger partial charge is 0.396 e. The molecule has 0 bridgehead atoms. The van der Waals surface area contributed by atoms with Crippen LogP contribution < -0.4 is 4.72 Å². The Kier molecular flexibility index (Phi) is 13.4. The van der Waals surface area contributed by atoms with Crippen molar-refractivity contribution in [3.63, 3.8) is 0 Å². The number of hydrogen-bond acceptors (Lipinski definition) is 3. The lowest BCUT2D eigenvalue weighted by atomic mass is 9.85. The number of hydrogen-bond donors (Lipinski definition) is 2. The standard InChI is InChI=1S/C13H21NO3S.2C2H6/c1-13(2,12-7-4-3-5-8-12)11-14-18(16,17)10-6-9-15;2*1-2/h3-5,7-8,14-15H,6,9-11H2,1-2H3;2*1-2H3. The van der Waals surface area contributed by atoms with Crippen molar-refractivity contribution in [1.29, 1.82) is 0 Å². The molecule has 0 unspecified atom stereocenters. The third-order valence-electron chi connectivity index (χ3n) is 2.86. The molecule has 0 saturated heterocycles. The smallest absolute Gasteiger partial charge is 0.211 e. The highest BCUT2D eigenvalue weighted by Crippen LogP contribution is 2.21. The molecule has 4 nitrogen and oxygen atoms in total. The molecule has 0 aliphatic carbocycles. The minimum absolute atomic E-state index is 0.0334. The lowest BCUT2D eigenvalue weighted by molar-refractivity contribution is 0.295. The zero-order valence-corrected chi connectivity index (χ0v) is 15.7. The number of aliphatic hydroxyl groups excluding tert-OH is 1. The van der Waals surface area contributed by atoms with Gasteiger partial charge in [-0.05, 0) is 12.0 Å². The van der Waals surface area contributed by atoms with Gasteiger partial charge in [-0.15, -0.1) is 0 Å². The highest BCUT2D eigenvalue weighted by atomic mass is 32.2. The van der Waals surface area contributed by atoms with Gasteiger partial charge in [0.05, 0.1) is 5.75 Å². The van der Waals surface area contributed by atoms with Crippen LogP contribution in [0.3, 0.4) is 0 Å². The van der Waals surface area contributed by atoms with Gasteiger partial charge < -0.3 is 5.11 Å². The molecule has 1 aromatic carbocycles. The lowest BCUT2D eigenvalue weighted by Crippen LogP contribution is -2.37. The lowest BCUT2D eigenvalue weighted by Gasteiger charge is -2.25. The first-order chi connectivity index (χ1) is 10.4. The fraction of sp³-hybridized carbons (Fsp3) is 0.647. The second-order valence-corrected chi connectivity index (χ2v) is 6.89. The monoisotopic (exact) mass is 331 g/mol. The third-order valence-corrected chi connectivity index (χ3v) is 4.27. The van der Waals surface area contributed by atoms with E-state index in [1.165, 1.54) is 0 Å². The zero-order valence-electron chi connectivity index (χ0n) is 14.9. The van der Waals surface area contributed by atoms with Gasteiger partial charge in [0.1, 0.15) is 0 Å². The van der Waals surface area contributed by atoms with Crippen LogP contribution in [0.2, 0.25) is 0 Å². The van der Waals surface area contributed by atoms with E-state index in [4.69, 9.17) is 5.11 Å². The predicted molar refractivity (Wildman–Crippen MR) is 95.7 cm³/mol. The Balaban J connectivity index is 0. The van der Waals surface area contributed by atoms with Gasteiger partial charge in [0.15, 0.2) is 0 Å². The van der Waals surface area contributed by atoms with Crippen molar-refractivity contribution >= 4 is 10.0 Å². The molecule has 0 heterocycles. The van der Waals surface area contributed by atoms with E-state index in [-0.39, 0.29) is 24.2 Å². The summed E-state index contributed by atoms with van der Waals surface area (Å²) in [6, 6.07) is 9.80. The third kappa shape index (κ3) is 9.92. The maximum Gasteiger partial charge on any atom is 0.211 e. The fourth-order valence-electron chi connectivity index (χ4n) is 1.61. The van der Waals surface area contributed by atoms with E-state index in [2.05, 4.69) is 4.72 Å². The van der Waals surface area contributed by atoms with Crippen LogP contribution in [0.15, 0.2) is 30.3 Å². The van der Waals surface area contributed by atoms with E-state index in [0.29, 0.717) is 6.54 Å². The van der Waals surface area contributed by atoms with Crippen molar-refractivity contribution in [2.24, 2.45) is 0 Å². The predicted octanol–water partition coefficient (Wildman–Crippen LogP) is 3.32. The highest BCUT2D eigenvalue weighted by Gasteiger charge is 2.22. The summed E-state index contributed by atoms with van der Waals surface area (Å²) in [5.74, 6) is -0.0334. The molecule has 0 aliphatic heterocycles. The van der Waals surface area contributed by atoms with Crippen LogP contribution in [-0.2, 0) is 15.4 Å². The van der Waals surface area contributed by atoms with Gasteiger partial charge in [0.2, 0.25) is 10.0 Å². The van der Waals surface area contributed by atoms with Crippen LogP contribution in [0.4, 0.5) is 0 Å². The van der Waals surface area contributed by atoms with Crippen LogP contribution in [0.5, 0.6) is 0 Å². The highest BCUT2D eigenvalue weighted by molar-refractivity contribution is 7.89. The molecule has 130 valence electrons. The molecule has 0 radical (unpaired) electrons. The van der Waals surface area contributed by atoms with Crippen molar-refractivity contribution in [2.75, 3.05) is 18.9 Å².